The first kappa shape index (κ1) is 11.0. The standard InChI is InChI=1S/C11H8N4O2S/c16-9(17)5-18-11-13-10-7-3-1-2-4-8(7)12-6-15(10)14-11/h1-4,6H,5H2,(H,16,17). The van der Waals surface area contributed by atoms with Crippen LogP contribution in [0.3, 0.4) is 0 Å². The van der Waals surface area contributed by atoms with Gasteiger partial charge in [-0.2, -0.15) is 0 Å². The van der Waals surface area contributed by atoms with E-state index in [1.165, 1.54) is 0 Å². The molecule has 1 N–H and O–H groups in total. The summed E-state index contributed by atoms with van der Waals surface area (Å²) < 4.78 is 1.56. The Morgan fingerprint density at radius 3 is 3.06 bits per heavy atom. The third kappa shape index (κ3) is 1.88. The van der Waals surface area contributed by atoms with E-state index >= 15 is 0 Å². The van der Waals surface area contributed by atoms with Crippen molar-refractivity contribution in [2.75, 3.05) is 5.75 Å². The lowest BCUT2D eigenvalue weighted by molar-refractivity contribution is -0.133. The molecule has 1 aromatic carbocycles. The molecule has 6 nitrogen and oxygen atoms in total. The molecule has 7 heteroatoms. The average molecular weight is 260 g/mol. The minimum absolute atomic E-state index is 0.0533. The van der Waals surface area contributed by atoms with Gasteiger partial charge in [-0.05, 0) is 12.1 Å². The third-order valence-corrected chi connectivity index (χ3v) is 3.21. The van der Waals surface area contributed by atoms with Gasteiger partial charge in [0.05, 0.1) is 11.3 Å². The number of carboxylic acid groups (broad SMARTS) is 1. The van der Waals surface area contributed by atoms with Crippen molar-refractivity contribution in [3.63, 3.8) is 0 Å². The van der Waals surface area contributed by atoms with E-state index in [1.54, 1.807) is 10.8 Å². The molecule has 18 heavy (non-hydrogen) atoms. The predicted molar refractivity (Wildman–Crippen MR) is 66.6 cm³/mol. The van der Waals surface area contributed by atoms with Crippen LogP contribution in [0.4, 0.5) is 0 Å². The second-order valence-electron chi connectivity index (χ2n) is 3.61. The van der Waals surface area contributed by atoms with Gasteiger partial charge in [-0.3, -0.25) is 4.79 Å². The molecule has 2 aromatic heterocycles. The number of hydrogen-bond donors (Lipinski definition) is 1. The molecule has 3 aromatic rings. The highest BCUT2D eigenvalue weighted by Gasteiger charge is 2.09. The minimum Gasteiger partial charge on any atom is -0.481 e. The molecule has 0 aliphatic rings. The molecule has 0 spiro atoms. The molecule has 90 valence electrons. The largest absolute Gasteiger partial charge is 0.481 e. The number of para-hydroxylation sites is 1. The number of fused-ring (bicyclic) bond motifs is 3. The van der Waals surface area contributed by atoms with E-state index < -0.39 is 5.97 Å². The number of benzene rings is 1. The lowest BCUT2D eigenvalue weighted by Crippen LogP contribution is -1.97. The monoisotopic (exact) mass is 260 g/mol. The molecule has 0 saturated heterocycles. The maximum absolute atomic E-state index is 10.5. The van der Waals surface area contributed by atoms with Gasteiger partial charge in [0.25, 0.3) is 0 Å². The van der Waals surface area contributed by atoms with Crippen LogP contribution in [-0.4, -0.2) is 36.4 Å². The Kier molecular flexibility index (Phi) is 2.60. The number of hydrogen-bond acceptors (Lipinski definition) is 5. The van der Waals surface area contributed by atoms with Gasteiger partial charge in [-0.25, -0.2) is 14.5 Å². The van der Waals surface area contributed by atoms with Crippen molar-refractivity contribution >= 4 is 34.3 Å². The number of carboxylic acids is 1. The fraction of sp³-hybridized carbons (Fsp3) is 0.0909. The molecule has 0 unspecified atom stereocenters. The van der Waals surface area contributed by atoms with Gasteiger partial charge in [-0.15, -0.1) is 5.10 Å². The molecule has 2 heterocycles. The van der Waals surface area contributed by atoms with Crippen LogP contribution in [-0.2, 0) is 4.79 Å². The molecule has 0 amide bonds. The summed E-state index contributed by atoms with van der Waals surface area (Å²) in [7, 11) is 0. The summed E-state index contributed by atoms with van der Waals surface area (Å²) in [6.07, 6.45) is 1.58. The first-order valence-electron chi connectivity index (χ1n) is 5.19. The number of thioether (sulfide) groups is 1. The molecule has 0 fully saturated rings. The highest BCUT2D eigenvalue weighted by atomic mass is 32.2. The summed E-state index contributed by atoms with van der Waals surface area (Å²) in [5.41, 5.74) is 1.53. The van der Waals surface area contributed by atoms with Crippen LogP contribution in [0.1, 0.15) is 0 Å². The number of carbonyl (C=O) groups is 1. The average Bonchev–Trinajstić information content (AvgIpc) is 2.79. The maximum Gasteiger partial charge on any atom is 0.313 e. The van der Waals surface area contributed by atoms with Crippen molar-refractivity contribution in [2.45, 2.75) is 5.16 Å². The van der Waals surface area contributed by atoms with Crippen molar-refractivity contribution < 1.29 is 9.90 Å². The van der Waals surface area contributed by atoms with Crippen molar-refractivity contribution in [1.29, 1.82) is 0 Å². The van der Waals surface area contributed by atoms with Crippen LogP contribution >= 0.6 is 11.8 Å². The summed E-state index contributed by atoms with van der Waals surface area (Å²) in [5, 5.41) is 14.1. The van der Waals surface area contributed by atoms with Crippen LogP contribution < -0.4 is 0 Å². The van der Waals surface area contributed by atoms with Gasteiger partial charge < -0.3 is 5.11 Å². The first-order chi connectivity index (χ1) is 8.74. The van der Waals surface area contributed by atoms with E-state index in [-0.39, 0.29) is 5.75 Å². The van der Waals surface area contributed by atoms with Gasteiger partial charge in [0, 0.05) is 5.39 Å². The highest BCUT2D eigenvalue weighted by Crippen LogP contribution is 2.19. The molecule has 0 atom stereocenters. The zero-order valence-corrected chi connectivity index (χ0v) is 9.96. The zero-order valence-electron chi connectivity index (χ0n) is 9.15. The Balaban J connectivity index is 2.11. The quantitative estimate of drug-likeness (QED) is 0.718. The fourth-order valence-corrected chi connectivity index (χ4v) is 2.20. The number of aliphatic carboxylic acids is 1. The Morgan fingerprint density at radius 2 is 2.22 bits per heavy atom. The fourth-order valence-electron chi connectivity index (χ4n) is 1.65. The van der Waals surface area contributed by atoms with Gasteiger partial charge in [0.15, 0.2) is 5.65 Å². The van der Waals surface area contributed by atoms with E-state index in [0.717, 1.165) is 22.7 Å². The third-order valence-electron chi connectivity index (χ3n) is 2.39. The molecule has 0 aliphatic carbocycles. The SMILES string of the molecule is O=C(O)CSc1nc2c3ccccc3ncn2n1. The molecular formula is C11H8N4O2S. The van der Waals surface area contributed by atoms with Crippen molar-refractivity contribution in [1.82, 2.24) is 19.6 Å². The maximum atomic E-state index is 10.5. The topological polar surface area (TPSA) is 80.4 Å². The van der Waals surface area contributed by atoms with E-state index in [2.05, 4.69) is 15.1 Å². The Hall–Kier alpha value is -2.15. The number of nitrogens with zero attached hydrogens (tertiary/aromatic N) is 4. The van der Waals surface area contributed by atoms with Crippen molar-refractivity contribution in [2.24, 2.45) is 0 Å². The van der Waals surface area contributed by atoms with E-state index in [4.69, 9.17) is 5.11 Å². The summed E-state index contributed by atoms with van der Waals surface area (Å²) >= 11 is 1.09. The van der Waals surface area contributed by atoms with Crippen LogP contribution in [0.15, 0.2) is 35.7 Å². The minimum atomic E-state index is -0.887. The summed E-state index contributed by atoms with van der Waals surface area (Å²) in [5.74, 6) is -0.941. The van der Waals surface area contributed by atoms with Gasteiger partial charge in [0.2, 0.25) is 5.16 Å². The Bertz CT molecular complexity index is 740. The molecule has 0 radical (unpaired) electrons. The lowest BCUT2D eigenvalue weighted by atomic mass is 10.2. The van der Waals surface area contributed by atoms with Gasteiger partial charge in [0.1, 0.15) is 6.33 Å². The summed E-state index contributed by atoms with van der Waals surface area (Å²) in [6.45, 7) is 0. The van der Waals surface area contributed by atoms with Gasteiger partial charge in [-0.1, -0.05) is 23.9 Å². The van der Waals surface area contributed by atoms with Crippen molar-refractivity contribution in [3.8, 4) is 0 Å². The predicted octanol–water partition coefficient (Wildman–Crippen LogP) is 1.45. The normalized spacial score (nSPS) is 11.1. The second kappa shape index (κ2) is 4.26. The van der Waals surface area contributed by atoms with Crippen LogP contribution in [0.25, 0.3) is 16.6 Å². The number of aromatic nitrogens is 4. The molecule has 0 saturated carbocycles. The van der Waals surface area contributed by atoms with E-state index in [9.17, 15) is 4.79 Å². The Morgan fingerprint density at radius 1 is 1.39 bits per heavy atom. The Labute approximate surface area is 106 Å². The first-order valence-corrected chi connectivity index (χ1v) is 6.17. The molecule has 0 aliphatic heterocycles. The van der Waals surface area contributed by atoms with E-state index in [0.29, 0.717) is 10.8 Å². The van der Waals surface area contributed by atoms with Crippen LogP contribution in [0.5, 0.6) is 0 Å². The smallest absolute Gasteiger partial charge is 0.313 e. The van der Waals surface area contributed by atoms with Crippen LogP contribution in [0.2, 0.25) is 0 Å². The highest BCUT2D eigenvalue weighted by molar-refractivity contribution is 7.99. The van der Waals surface area contributed by atoms with Crippen LogP contribution in [0, 0.1) is 0 Å². The molecular weight excluding hydrogens is 252 g/mol. The number of rotatable bonds is 3. The lowest BCUT2D eigenvalue weighted by Gasteiger charge is -1.96. The summed E-state index contributed by atoms with van der Waals surface area (Å²) in [6, 6.07) is 7.62. The van der Waals surface area contributed by atoms with Crippen molar-refractivity contribution in [3.05, 3.63) is 30.6 Å². The molecule has 3 rings (SSSR count). The van der Waals surface area contributed by atoms with E-state index in [1.807, 2.05) is 24.3 Å². The molecule has 0 bridgehead atoms. The second-order valence-corrected chi connectivity index (χ2v) is 4.55. The zero-order chi connectivity index (χ0) is 12.5. The van der Waals surface area contributed by atoms with Gasteiger partial charge >= 0.3 is 5.97 Å². The summed E-state index contributed by atoms with van der Waals surface area (Å²) in [4.78, 5) is 19.1.